The molecule has 1 rings (SSSR count). The van der Waals surface area contributed by atoms with Gasteiger partial charge in [-0.1, -0.05) is 0 Å². The Kier molecular flexibility index (Phi) is 3.34. The lowest BCUT2D eigenvalue weighted by Crippen LogP contribution is -2.43. The molecule has 0 saturated heterocycles. The first kappa shape index (κ1) is 11.6. The summed E-state index contributed by atoms with van der Waals surface area (Å²) in [5.41, 5.74) is -0.519. The van der Waals surface area contributed by atoms with Crippen LogP contribution in [-0.2, 0) is 9.53 Å². The molecule has 1 aliphatic heterocycles. The van der Waals surface area contributed by atoms with Crippen LogP contribution in [0.25, 0.3) is 0 Å². The molecular weight excluding hydrogens is 196 g/mol. The van der Waals surface area contributed by atoms with Gasteiger partial charge in [0.05, 0.1) is 0 Å². The Bertz CT molecular complexity index is 281. The van der Waals surface area contributed by atoms with Gasteiger partial charge in [0.15, 0.2) is 0 Å². The van der Waals surface area contributed by atoms with E-state index in [1.165, 1.54) is 9.80 Å². The van der Waals surface area contributed by atoms with Crippen molar-refractivity contribution in [2.75, 3.05) is 13.2 Å². The Morgan fingerprint density at radius 2 is 2.13 bits per heavy atom. The number of ether oxygens (including phenoxy) is 1. The number of hydrogen-bond acceptors (Lipinski definition) is 3. The highest BCUT2D eigenvalue weighted by Gasteiger charge is 2.23. The van der Waals surface area contributed by atoms with E-state index in [9.17, 15) is 9.59 Å². The van der Waals surface area contributed by atoms with E-state index in [0.29, 0.717) is 13.0 Å². The van der Waals surface area contributed by atoms with Crippen molar-refractivity contribution in [3.05, 3.63) is 12.3 Å². The highest BCUT2D eigenvalue weighted by Crippen LogP contribution is 2.11. The molecule has 0 bridgehead atoms. The van der Waals surface area contributed by atoms with Gasteiger partial charge in [0, 0.05) is 12.7 Å². The van der Waals surface area contributed by atoms with Gasteiger partial charge in [0.1, 0.15) is 12.3 Å². The average molecular weight is 212 g/mol. The minimum absolute atomic E-state index is 0.245. The molecule has 0 aromatic heterocycles. The summed E-state index contributed by atoms with van der Waals surface area (Å²) in [6.07, 6.45) is 3.64. The number of hydrogen-bond donors (Lipinski definition) is 0. The number of carbonyl (C=O) groups is 2. The van der Waals surface area contributed by atoms with E-state index in [-0.39, 0.29) is 6.67 Å². The molecule has 0 saturated carbocycles. The minimum Gasteiger partial charge on any atom is -0.443 e. The Balaban J connectivity index is 2.57. The van der Waals surface area contributed by atoms with Crippen molar-refractivity contribution in [2.45, 2.75) is 26.4 Å². The van der Waals surface area contributed by atoms with Crippen molar-refractivity contribution in [1.82, 2.24) is 9.80 Å². The lowest BCUT2D eigenvalue weighted by Gasteiger charge is -2.30. The lowest BCUT2D eigenvalue weighted by molar-refractivity contribution is -0.119. The van der Waals surface area contributed by atoms with Crippen molar-refractivity contribution in [3.63, 3.8) is 0 Å². The summed E-state index contributed by atoms with van der Waals surface area (Å²) >= 11 is 0. The fraction of sp³-hybridized carbons (Fsp3) is 0.600. The summed E-state index contributed by atoms with van der Waals surface area (Å²) in [6, 6.07) is 0. The molecule has 0 N–H and O–H groups in total. The van der Waals surface area contributed by atoms with Gasteiger partial charge in [-0.25, -0.2) is 4.79 Å². The summed E-state index contributed by atoms with van der Waals surface area (Å²) in [5, 5.41) is 0. The van der Waals surface area contributed by atoms with Gasteiger partial charge in [-0.15, -0.1) is 0 Å². The topological polar surface area (TPSA) is 49.9 Å². The predicted octanol–water partition coefficient (Wildman–Crippen LogP) is 1.17. The molecule has 0 radical (unpaired) electrons. The zero-order chi connectivity index (χ0) is 11.5. The van der Waals surface area contributed by atoms with E-state index in [4.69, 9.17) is 4.74 Å². The zero-order valence-corrected chi connectivity index (χ0v) is 9.27. The van der Waals surface area contributed by atoms with Crippen LogP contribution in [0, 0.1) is 0 Å². The molecule has 2 amide bonds. The summed E-state index contributed by atoms with van der Waals surface area (Å²) < 4.78 is 5.16. The standard InChI is InChI=1S/C10H16N2O3/c1-10(2,3)15-9(14)12-6-4-5-11(7-12)8-13/h4,6,8H,5,7H2,1-3H3. The van der Waals surface area contributed by atoms with Gasteiger partial charge in [0.25, 0.3) is 0 Å². The van der Waals surface area contributed by atoms with Crippen LogP contribution in [0.1, 0.15) is 20.8 Å². The van der Waals surface area contributed by atoms with Crippen molar-refractivity contribution in [2.24, 2.45) is 0 Å². The zero-order valence-electron chi connectivity index (χ0n) is 9.27. The second-order valence-corrected chi connectivity index (χ2v) is 4.35. The fourth-order valence-corrected chi connectivity index (χ4v) is 1.13. The Hall–Kier alpha value is -1.52. The molecule has 84 valence electrons. The van der Waals surface area contributed by atoms with E-state index in [1.807, 2.05) is 0 Å². The van der Waals surface area contributed by atoms with Crippen LogP contribution in [0.3, 0.4) is 0 Å². The van der Waals surface area contributed by atoms with Crippen molar-refractivity contribution in [3.8, 4) is 0 Å². The number of amides is 2. The number of carbonyl (C=O) groups excluding carboxylic acids is 2. The quantitative estimate of drug-likeness (QED) is 0.613. The highest BCUT2D eigenvalue weighted by molar-refractivity contribution is 5.70. The molecule has 5 heteroatoms. The first-order valence-electron chi connectivity index (χ1n) is 4.78. The molecule has 0 spiro atoms. The lowest BCUT2D eigenvalue weighted by atomic mass is 10.2. The molecule has 5 nitrogen and oxygen atoms in total. The maximum atomic E-state index is 11.6. The Morgan fingerprint density at radius 3 is 2.67 bits per heavy atom. The van der Waals surface area contributed by atoms with Gasteiger partial charge < -0.3 is 9.64 Å². The molecule has 1 heterocycles. The molecule has 0 aliphatic carbocycles. The third-order valence-corrected chi connectivity index (χ3v) is 1.74. The summed E-state index contributed by atoms with van der Waals surface area (Å²) in [6.45, 7) is 6.18. The largest absolute Gasteiger partial charge is 0.443 e. The smallest absolute Gasteiger partial charge is 0.415 e. The van der Waals surface area contributed by atoms with Crippen molar-refractivity contribution >= 4 is 12.5 Å². The average Bonchev–Trinajstić information content (AvgIpc) is 2.15. The van der Waals surface area contributed by atoms with Crippen LogP contribution in [0.15, 0.2) is 12.3 Å². The van der Waals surface area contributed by atoms with Crippen molar-refractivity contribution < 1.29 is 14.3 Å². The third-order valence-electron chi connectivity index (χ3n) is 1.74. The van der Waals surface area contributed by atoms with Gasteiger partial charge >= 0.3 is 6.09 Å². The molecule has 0 atom stereocenters. The number of rotatable bonds is 1. The van der Waals surface area contributed by atoms with E-state index in [2.05, 4.69) is 0 Å². The number of nitrogens with zero attached hydrogens (tertiary/aromatic N) is 2. The van der Waals surface area contributed by atoms with Crippen LogP contribution < -0.4 is 0 Å². The summed E-state index contributed by atoms with van der Waals surface area (Å²) in [7, 11) is 0. The van der Waals surface area contributed by atoms with Crippen LogP contribution >= 0.6 is 0 Å². The Labute approximate surface area is 89.3 Å². The highest BCUT2D eigenvalue weighted by atomic mass is 16.6. The molecule has 0 aromatic rings. The fourth-order valence-electron chi connectivity index (χ4n) is 1.13. The second kappa shape index (κ2) is 4.33. The minimum atomic E-state index is -0.519. The van der Waals surface area contributed by atoms with Gasteiger partial charge in [-0.3, -0.25) is 9.69 Å². The molecule has 1 aliphatic rings. The first-order valence-corrected chi connectivity index (χ1v) is 4.78. The molecule has 15 heavy (non-hydrogen) atoms. The Morgan fingerprint density at radius 1 is 1.47 bits per heavy atom. The van der Waals surface area contributed by atoms with E-state index in [0.717, 1.165) is 0 Å². The van der Waals surface area contributed by atoms with Crippen LogP contribution in [0.5, 0.6) is 0 Å². The predicted molar refractivity (Wildman–Crippen MR) is 54.9 cm³/mol. The SMILES string of the molecule is CC(C)(C)OC(=O)N1C=CCN(C=O)C1. The van der Waals surface area contributed by atoms with Crippen LogP contribution in [0.2, 0.25) is 0 Å². The molecule has 0 aromatic carbocycles. The van der Waals surface area contributed by atoms with Crippen molar-refractivity contribution in [1.29, 1.82) is 0 Å². The van der Waals surface area contributed by atoms with E-state index in [1.54, 1.807) is 33.0 Å². The van der Waals surface area contributed by atoms with E-state index >= 15 is 0 Å². The molecule has 0 unspecified atom stereocenters. The van der Waals surface area contributed by atoms with Crippen LogP contribution in [0.4, 0.5) is 4.79 Å². The van der Waals surface area contributed by atoms with E-state index < -0.39 is 11.7 Å². The maximum Gasteiger partial charge on any atom is 0.415 e. The van der Waals surface area contributed by atoms with Gasteiger partial charge in [-0.2, -0.15) is 0 Å². The van der Waals surface area contributed by atoms with Crippen LogP contribution in [-0.4, -0.2) is 41.1 Å². The first-order chi connectivity index (χ1) is 6.92. The normalized spacial score (nSPS) is 16.5. The van der Waals surface area contributed by atoms with Gasteiger partial charge in [-0.05, 0) is 26.8 Å². The summed E-state index contributed by atoms with van der Waals surface area (Å²) in [5.74, 6) is 0. The second-order valence-electron chi connectivity index (χ2n) is 4.35. The summed E-state index contributed by atoms with van der Waals surface area (Å²) in [4.78, 5) is 25.0. The molecule has 0 fully saturated rings. The maximum absolute atomic E-state index is 11.6. The third kappa shape index (κ3) is 3.61. The monoisotopic (exact) mass is 212 g/mol. The van der Waals surface area contributed by atoms with Gasteiger partial charge in [0.2, 0.25) is 6.41 Å². The molecular formula is C10H16N2O3.